The lowest BCUT2D eigenvalue weighted by molar-refractivity contribution is 0.0520. The van der Waals surface area contributed by atoms with Crippen molar-refractivity contribution in [1.82, 2.24) is 9.13 Å². The molecule has 4 aromatic rings. The molecule has 0 aliphatic carbocycles. The highest BCUT2D eigenvalue weighted by atomic mass is 19.1. The zero-order valence-corrected chi connectivity index (χ0v) is 19.9. The fourth-order valence-electron chi connectivity index (χ4n) is 3.76. The molecule has 0 fully saturated rings. The number of allylic oxidation sites excluding steroid dienone is 2. The van der Waals surface area contributed by atoms with Crippen molar-refractivity contribution in [3.05, 3.63) is 106 Å². The Bertz CT molecular complexity index is 1640. The first-order valence-electron chi connectivity index (χ1n) is 11.1. The molecule has 0 atom stereocenters. The third-order valence-corrected chi connectivity index (χ3v) is 5.36. The minimum atomic E-state index is -0.913. The predicted molar refractivity (Wildman–Crippen MR) is 136 cm³/mol. The van der Waals surface area contributed by atoms with Gasteiger partial charge in [-0.25, -0.2) is 13.6 Å². The van der Waals surface area contributed by atoms with Gasteiger partial charge < -0.3 is 24.1 Å². The highest BCUT2D eigenvalue weighted by Crippen LogP contribution is 2.27. The van der Waals surface area contributed by atoms with Crippen LogP contribution in [0.15, 0.2) is 77.4 Å². The molecular weight excluding hydrogens is 486 g/mol. The van der Waals surface area contributed by atoms with Crippen LogP contribution in [0.25, 0.3) is 21.8 Å². The molecule has 0 spiro atoms. The van der Waals surface area contributed by atoms with Crippen LogP contribution >= 0.6 is 0 Å². The summed E-state index contributed by atoms with van der Waals surface area (Å²) in [6.07, 6.45) is 2.99. The van der Waals surface area contributed by atoms with Gasteiger partial charge in [-0.05, 0) is 43.3 Å². The molecule has 0 saturated heterocycles. The number of halogens is 2. The molecule has 2 aromatic heterocycles. The van der Waals surface area contributed by atoms with E-state index in [1.165, 1.54) is 34.9 Å². The van der Waals surface area contributed by atoms with Crippen LogP contribution in [0, 0.1) is 11.6 Å². The molecule has 10 heteroatoms. The van der Waals surface area contributed by atoms with Crippen LogP contribution in [-0.4, -0.2) is 31.9 Å². The lowest BCUT2D eigenvalue weighted by atomic mass is 10.1. The van der Waals surface area contributed by atoms with Gasteiger partial charge in [-0.15, -0.1) is 13.2 Å². The Balaban J connectivity index is 0.000000213. The van der Waals surface area contributed by atoms with Crippen LogP contribution in [0.1, 0.15) is 17.3 Å². The molecule has 0 aliphatic rings. The summed E-state index contributed by atoms with van der Waals surface area (Å²) < 4.78 is 33.8. The van der Waals surface area contributed by atoms with Gasteiger partial charge >= 0.3 is 5.97 Å². The largest absolute Gasteiger partial charge is 0.507 e. The maximum Gasteiger partial charge on any atom is 0.347 e. The number of fused-ring (bicyclic) bond motifs is 2. The number of esters is 1. The van der Waals surface area contributed by atoms with E-state index >= 15 is 0 Å². The van der Waals surface area contributed by atoms with Crippen LogP contribution in [-0.2, 0) is 17.8 Å². The number of pyridine rings is 2. The Morgan fingerprint density at radius 3 is 2.03 bits per heavy atom. The third kappa shape index (κ3) is 5.43. The standard InChI is InChI=1S/C15H14FNO4.C12H10FNO2/c1-3-7-17-11-8-9(16)5-6-10(11)13(18)12(14(17)19)15(20)21-4-2;1-2-5-14-10-6-8(13)3-4-9(10)11(15)7-12(14)16/h3,5-6,8,18H,1,4,7H2,2H3;2-4,6-7,15H,1,5H2. The molecule has 0 radical (unpaired) electrons. The SMILES string of the molecule is C=CCn1c(=O)c(C(=O)OCC)c(O)c2ccc(F)cc21.C=CCn1c(=O)cc(O)c2ccc(F)cc21. The van der Waals surface area contributed by atoms with Crippen LogP contribution in [0.5, 0.6) is 11.5 Å². The lowest BCUT2D eigenvalue weighted by Gasteiger charge is -2.13. The first-order chi connectivity index (χ1) is 17.6. The maximum atomic E-state index is 13.4. The van der Waals surface area contributed by atoms with Crippen LogP contribution in [0.4, 0.5) is 8.78 Å². The Labute approximate surface area is 209 Å². The normalized spacial score (nSPS) is 10.6. The second-order valence-electron chi connectivity index (χ2n) is 7.74. The number of rotatable bonds is 6. The highest BCUT2D eigenvalue weighted by molar-refractivity contribution is 5.99. The van der Waals surface area contributed by atoms with Crippen molar-refractivity contribution in [2.45, 2.75) is 20.0 Å². The second-order valence-corrected chi connectivity index (χ2v) is 7.74. The molecule has 0 saturated carbocycles. The van der Waals surface area contributed by atoms with E-state index in [1.807, 2.05) is 0 Å². The van der Waals surface area contributed by atoms with Crippen molar-refractivity contribution in [1.29, 1.82) is 0 Å². The number of hydrogen-bond acceptors (Lipinski definition) is 6. The zero-order chi connectivity index (χ0) is 27.3. The van der Waals surface area contributed by atoms with Crippen molar-refractivity contribution < 1.29 is 28.5 Å². The molecule has 0 aliphatic heterocycles. The summed E-state index contributed by atoms with van der Waals surface area (Å²) in [5, 5.41) is 20.4. The second kappa shape index (κ2) is 11.3. The van der Waals surface area contributed by atoms with Gasteiger partial charge in [-0.2, -0.15) is 0 Å². The Morgan fingerprint density at radius 1 is 0.919 bits per heavy atom. The van der Waals surface area contributed by atoms with Crippen molar-refractivity contribution >= 4 is 27.8 Å². The van der Waals surface area contributed by atoms with Gasteiger partial charge in [0.05, 0.1) is 17.6 Å². The van der Waals surface area contributed by atoms with E-state index in [0.29, 0.717) is 10.9 Å². The molecule has 0 unspecified atom stereocenters. The minimum Gasteiger partial charge on any atom is -0.507 e. The fourth-order valence-corrected chi connectivity index (χ4v) is 3.76. The van der Waals surface area contributed by atoms with Gasteiger partial charge in [-0.1, -0.05) is 12.2 Å². The molecule has 2 N–H and O–H groups in total. The van der Waals surface area contributed by atoms with E-state index in [1.54, 1.807) is 13.0 Å². The third-order valence-electron chi connectivity index (χ3n) is 5.36. The van der Waals surface area contributed by atoms with Crippen LogP contribution in [0.2, 0.25) is 0 Å². The molecule has 0 amide bonds. The van der Waals surface area contributed by atoms with E-state index in [-0.39, 0.29) is 41.9 Å². The summed E-state index contributed by atoms with van der Waals surface area (Å²) >= 11 is 0. The summed E-state index contributed by atoms with van der Waals surface area (Å²) in [7, 11) is 0. The average molecular weight is 510 g/mol. The van der Waals surface area contributed by atoms with E-state index in [4.69, 9.17) is 4.74 Å². The maximum absolute atomic E-state index is 13.4. The molecule has 192 valence electrons. The van der Waals surface area contributed by atoms with E-state index < -0.39 is 34.5 Å². The topological polar surface area (TPSA) is 111 Å². The highest BCUT2D eigenvalue weighted by Gasteiger charge is 2.23. The van der Waals surface area contributed by atoms with Gasteiger partial charge in [0.25, 0.3) is 11.1 Å². The number of carbonyl (C=O) groups is 1. The summed E-state index contributed by atoms with van der Waals surface area (Å²) in [4.78, 5) is 35.8. The lowest BCUT2D eigenvalue weighted by Crippen LogP contribution is -2.27. The summed E-state index contributed by atoms with van der Waals surface area (Å²) in [6, 6.07) is 8.59. The molecule has 0 bridgehead atoms. The quantitative estimate of drug-likeness (QED) is 0.297. The number of ether oxygens (including phenoxy) is 1. The van der Waals surface area contributed by atoms with E-state index in [9.17, 15) is 33.4 Å². The van der Waals surface area contributed by atoms with Gasteiger partial charge in [0.2, 0.25) is 0 Å². The zero-order valence-electron chi connectivity index (χ0n) is 19.9. The van der Waals surface area contributed by atoms with Crippen molar-refractivity contribution in [3.63, 3.8) is 0 Å². The Hall–Kier alpha value is -4.73. The Kier molecular flexibility index (Phi) is 8.23. The first-order valence-corrected chi connectivity index (χ1v) is 11.1. The van der Waals surface area contributed by atoms with E-state index in [0.717, 1.165) is 22.8 Å². The first kappa shape index (κ1) is 26.9. The number of hydrogen-bond donors (Lipinski definition) is 2. The smallest absolute Gasteiger partial charge is 0.347 e. The van der Waals surface area contributed by atoms with Crippen molar-refractivity contribution in [2.75, 3.05) is 6.61 Å². The summed E-state index contributed by atoms with van der Waals surface area (Å²) in [5.41, 5.74) is -1.03. The monoisotopic (exact) mass is 510 g/mol. The predicted octanol–water partition coefficient (Wildman–Crippen LogP) is 4.24. The number of aromatic nitrogens is 2. The molecule has 37 heavy (non-hydrogen) atoms. The van der Waals surface area contributed by atoms with Crippen molar-refractivity contribution in [2.24, 2.45) is 0 Å². The number of aromatic hydroxyl groups is 2. The number of carbonyl (C=O) groups excluding carboxylic acids is 1. The molecule has 2 heterocycles. The van der Waals surface area contributed by atoms with Crippen LogP contribution < -0.4 is 11.1 Å². The van der Waals surface area contributed by atoms with Crippen molar-refractivity contribution in [3.8, 4) is 11.5 Å². The summed E-state index contributed by atoms with van der Waals surface area (Å²) in [5.74, 6) is -2.56. The van der Waals surface area contributed by atoms with Gasteiger partial charge in [0.15, 0.2) is 5.56 Å². The average Bonchev–Trinajstić information content (AvgIpc) is 2.84. The molecule has 4 rings (SSSR count). The molecular formula is C27H24F2N2O6. The van der Waals surface area contributed by atoms with Crippen LogP contribution in [0.3, 0.4) is 0 Å². The van der Waals surface area contributed by atoms with Gasteiger partial charge in [0.1, 0.15) is 23.1 Å². The summed E-state index contributed by atoms with van der Waals surface area (Å²) in [6.45, 7) is 9.07. The van der Waals surface area contributed by atoms with Gasteiger partial charge in [0, 0.05) is 29.9 Å². The fraction of sp³-hybridized carbons (Fsp3) is 0.148. The number of benzene rings is 2. The minimum absolute atomic E-state index is 0.0701. The molecule has 2 aromatic carbocycles. The van der Waals surface area contributed by atoms with Gasteiger partial charge in [-0.3, -0.25) is 9.59 Å². The van der Waals surface area contributed by atoms with E-state index in [2.05, 4.69) is 13.2 Å². The Morgan fingerprint density at radius 2 is 1.46 bits per heavy atom. The molecule has 8 nitrogen and oxygen atoms in total. The number of nitrogens with zero attached hydrogens (tertiary/aromatic N) is 2.